The Hall–Kier alpha value is -2.66. The van der Waals surface area contributed by atoms with Crippen molar-refractivity contribution in [2.45, 2.75) is 31.7 Å². The largest absolute Gasteiger partial charge is 0.332 e. The Morgan fingerprint density at radius 3 is 2.33 bits per heavy atom. The maximum Gasteiger partial charge on any atom is 0.332 e. The van der Waals surface area contributed by atoms with E-state index < -0.39 is 0 Å². The zero-order chi connectivity index (χ0) is 18.6. The highest BCUT2D eigenvalue weighted by Gasteiger charge is 2.38. The zero-order valence-electron chi connectivity index (χ0n) is 15.5. The SMILES string of the molecule is O=C1CN(c2ccccc2)C(=O)N1CN1CCCCC1Cc1ccccc1. The van der Waals surface area contributed by atoms with Crippen LogP contribution in [0.15, 0.2) is 60.7 Å². The third-order valence-corrected chi connectivity index (χ3v) is 5.51. The second-order valence-corrected chi connectivity index (χ2v) is 7.32. The second kappa shape index (κ2) is 7.92. The van der Waals surface area contributed by atoms with Crippen LogP contribution in [-0.4, -0.2) is 47.5 Å². The second-order valence-electron chi connectivity index (χ2n) is 7.32. The molecule has 2 aliphatic heterocycles. The van der Waals surface area contributed by atoms with E-state index in [4.69, 9.17) is 0 Å². The molecule has 0 aromatic heterocycles. The number of carbonyl (C=O) groups is 2. The number of rotatable bonds is 5. The molecule has 0 spiro atoms. The molecule has 2 aromatic rings. The molecule has 140 valence electrons. The van der Waals surface area contributed by atoms with Crippen molar-refractivity contribution in [2.24, 2.45) is 0 Å². The van der Waals surface area contributed by atoms with Gasteiger partial charge in [0.1, 0.15) is 6.54 Å². The van der Waals surface area contributed by atoms with Crippen molar-refractivity contribution in [3.05, 3.63) is 66.2 Å². The Labute approximate surface area is 160 Å². The molecule has 2 saturated heterocycles. The molecule has 1 atom stereocenters. The predicted molar refractivity (Wildman–Crippen MR) is 105 cm³/mol. The summed E-state index contributed by atoms with van der Waals surface area (Å²) in [7, 11) is 0. The number of benzene rings is 2. The number of likely N-dealkylation sites (tertiary alicyclic amines) is 1. The predicted octanol–water partition coefficient (Wildman–Crippen LogP) is 3.51. The van der Waals surface area contributed by atoms with E-state index >= 15 is 0 Å². The summed E-state index contributed by atoms with van der Waals surface area (Å²) in [5.41, 5.74) is 2.08. The lowest BCUT2D eigenvalue weighted by Gasteiger charge is -2.37. The Morgan fingerprint density at radius 2 is 1.59 bits per heavy atom. The Balaban J connectivity index is 1.46. The minimum absolute atomic E-state index is 0.118. The summed E-state index contributed by atoms with van der Waals surface area (Å²) in [4.78, 5) is 30.7. The van der Waals surface area contributed by atoms with Gasteiger partial charge in [-0.25, -0.2) is 9.69 Å². The van der Waals surface area contributed by atoms with Crippen LogP contribution in [0, 0.1) is 0 Å². The Morgan fingerprint density at radius 1 is 0.889 bits per heavy atom. The summed E-state index contributed by atoms with van der Waals surface area (Å²) in [6, 6.07) is 20.0. The number of nitrogens with zero attached hydrogens (tertiary/aromatic N) is 3. The van der Waals surface area contributed by atoms with Gasteiger partial charge >= 0.3 is 6.03 Å². The van der Waals surface area contributed by atoms with Gasteiger partial charge in [-0.15, -0.1) is 0 Å². The van der Waals surface area contributed by atoms with Crippen LogP contribution in [0.5, 0.6) is 0 Å². The molecule has 1 unspecified atom stereocenters. The first kappa shape index (κ1) is 17.7. The molecule has 2 aromatic carbocycles. The van der Waals surface area contributed by atoms with E-state index in [1.807, 2.05) is 36.4 Å². The van der Waals surface area contributed by atoms with Gasteiger partial charge in [0.25, 0.3) is 5.91 Å². The molecule has 27 heavy (non-hydrogen) atoms. The third-order valence-electron chi connectivity index (χ3n) is 5.51. The minimum Gasteiger partial charge on any atom is -0.285 e. The van der Waals surface area contributed by atoms with E-state index in [0.717, 1.165) is 31.5 Å². The first-order valence-electron chi connectivity index (χ1n) is 9.67. The molecule has 0 saturated carbocycles. The molecular weight excluding hydrogens is 338 g/mol. The Bertz CT molecular complexity index is 794. The highest BCUT2D eigenvalue weighted by molar-refractivity contribution is 6.12. The quantitative estimate of drug-likeness (QED) is 0.764. The molecule has 2 fully saturated rings. The van der Waals surface area contributed by atoms with Crippen molar-refractivity contribution in [3.8, 4) is 0 Å². The molecule has 2 aliphatic rings. The average Bonchev–Trinajstić information content (AvgIpc) is 2.99. The molecule has 5 nitrogen and oxygen atoms in total. The van der Waals surface area contributed by atoms with Crippen molar-refractivity contribution in [1.29, 1.82) is 0 Å². The third kappa shape index (κ3) is 3.88. The lowest BCUT2D eigenvalue weighted by Crippen LogP contribution is -2.49. The van der Waals surface area contributed by atoms with Crippen LogP contribution >= 0.6 is 0 Å². The van der Waals surface area contributed by atoms with Gasteiger partial charge in [0.2, 0.25) is 0 Å². The number of anilines is 1. The zero-order valence-corrected chi connectivity index (χ0v) is 15.5. The standard InChI is InChI=1S/C22H25N3O2/c26-21-16-24(19-11-5-2-6-12-19)22(27)25(21)17-23-14-8-7-13-20(23)15-18-9-3-1-4-10-18/h1-6,9-12,20H,7-8,13-17H2. The van der Waals surface area contributed by atoms with E-state index in [2.05, 4.69) is 29.2 Å². The normalized spacial score (nSPS) is 21.1. The van der Waals surface area contributed by atoms with Crippen LogP contribution in [0.3, 0.4) is 0 Å². The van der Waals surface area contributed by atoms with Gasteiger partial charge in [-0.3, -0.25) is 14.6 Å². The van der Waals surface area contributed by atoms with E-state index in [-0.39, 0.29) is 18.5 Å². The molecule has 0 N–H and O–H groups in total. The highest BCUT2D eigenvalue weighted by atomic mass is 16.2. The number of hydrogen-bond donors (Lipinski definition) is 0. The highest BCUT2D eigenvalue weighted by Crippen LogP contribution is 2.25. The van der Waals surface area contributed by atoms with E-state index in [1.165, 1.54) is 16.9 Å². The topological polar surface area (TPSA) is 43.9 Å². The molecule has 4 rings (SSSR count). The van der Waals surface area contributed by atoms with E-state index in [0.29, 0.717) is 12.7 Å². The van der Waals surface area contributed by atoms with Crippen LogP contribution in [-0.2, 0) is 11.2 Å². The molecule has 0 bridgehead atoms. The Kier molecular flexibility index (Phi) is 5.21. The van der Waals surface area contributed by atoms with Crippen molar-refractivity contribution < 1.29 is 9.59 Å². The number of imide groups is 1. The molecule has 0 aliphatic carbocycles. The summed E-state index contributed by atoms with van der Waals surface area (Å²) >= 11 is 0. The van der Waals surface area contributed by atoms with Crippen molar-refractivity contribution in [3.63, 3.8) is 0 Å². The lowest BCUT2D eigenvalue weighted by atomic mass is 9.96. The van der Waals surface area contributed by atoms with E-state index in [1.54, 1.807) is 4.90 Å². The maximum atomic E-state index is 12.9. The van der Waals surface area contributed by atoms with Gasteiger partial charge in [-0.2, -0.15) is 0 Å². The summed E-state index contributed by atoms with van der Waals surface area (Å²) in [6.45, 7) is 1.44. The van der Waals surface area contributed by atoms with Gasteiger partial charge in [0, 0.05) is 18.3 Å². The molecule has 0 radical (unpaired) electrons. The number of amides is 3. The summed E-state index contributed by atoms with van der Waals surface area (Å²) in [5, 5.41) is 0. The van der Waals surface area contributed by atoms with Crippen molar-refractivity contribution in [1.82, 2.24) is 9.80 Å². The fourth-order valence-corrected chi connectivity index (χ4v) is 4.03. The van der Waals surface area contributed by atoms with Crippen molar-refractivity contribution in [2.75, 3.05) is 24.7 Å². The fourth-order valence-electron chi connectivity index (χ4n) is 4.03. The number of para-hydroxylation sites is 1. The number of piperidine rings is 1. The van der Waals surface area contributed by atoms with Crippen LogP contribution in [0.2, 0.25) is 0 Å². The van der Waals surface area contributed by atoms with Gasteiger partial charge in [0.15, 0.2) is 0 Å². The average molecular weight is 363 g/mol. The van der Waals surface area contributed by atoms with Gasteiger partial charge in [-0.05, 0) is 37.0 Å². The monoisotopic (exact) mass is 363 g/mol. The van der Waals surface area contributed by atoms with Crippen LogP contribution < -0.4 is 4.90 Å². The molecular formula is C22H25N3O2. The lowest BCUT2D eigenvalue weighted by molar-refractivity contribution is -0.126. The first-order chi connectivity index (χ1) is 13.2. The van der Waals surface area contributed by atoms with Crippen LogP contribution in [0.1, 0.15) is 24.8 Å². The van der Waals surface area contributed by atoms with Gasteiger partial charge < -0.3 is 0 Å². The summed E-state index contributed by atoms with van der Waals surface area (Å²) < 4.78 is 0. The molecule has 5 heteroatoms. The van der Waals surface area contributed by atoms with Gasteiger partial charge in [0.05, 0.1) is 6.67 Å². The summed E-state index contributed by atoms with van der Waals surface area (Å²) in [6.07, 6.45) is 4.38. The summed E-state index contributed by atoms with van der Waals surface area (Å²) in [5.74, 6) is -0.118. The fraction of sp³-hybridized carbons (Fsp3) is 0.364. The maximum absolute atomic E-state index is 12.9. The van der Waals surface area contributed by atoms with Crippen molar-refractivity contribution >= 4 is 17.6 Å². The van der Waals surface area contributed by atoms with Gasteiger partial charge in [-0.1, -0.05) is 55.0 Å². The number of hydrogen-bond acceptors (Lipinski definition) is 3. The van der Waals surface area contributed by atoms with E-state index in [9.17, 15) is 9.59 Å². The number of carbonyl (C=O) groups excluding carboxylic acids is 2. The first-order valence-corrected chi connectivity index (χ1v) is 9.67. The van der Waals surface area contributed by atoms with Crippen LogP contribution in [0.4, 0.5) is 10.5 Å². The minimum atomic E-state index is -0.213. The molecule has 2 heterocycles. The van der Waals surface area contributed by atoms with Crippen LogP contribution in [0.25, 0.3) is 0 Å². The molecule has 3 amide bonds. The number of urea groups is 1. The smallest absolute Gasteiger partial charge is 0.285 e.